The molecule has 0 radical (unpaired) electrons. The summed E-state index contributed by atoms with van der Waals surface area (Å²) in [6.45, 7) is 0.750. The normalized spacial score (nSPS) is 20.8. The van der Waals surface area contributed by atoms with Gasteiger partial charge in [-0.25, -0.2) is 0 Å². The molecule has 8 heteroatoms. The second-order valence-electron chi connectivity index (χ2n) is 9.73. The Morgan fingerprint density at radius 2 is 2.00 bits per heavy atom. The molecule has 2 saturated carbocycles. The third-order valence-corrected chi connectivity index (χ3v) is 8.45. The summed E-state index contributed by atoms with van der Waals surface area (Å²) in [5.41, 5.74) is 0.949. The average Bonchev–Trinajstić information content (AvgIpc) is 3.43. The fraction of sp³-hybridized carbons (Fsp3) is 0.556. The summed E-state index contributed by atoms with van der Waals surface area (Å²) in [6.07, 6.45) is 16.7. The predicted molar refractivity (Wildman–Crippen MR) is 138 cm³/mol. The summed E-state index contributed by atoms with van der Waals surface area (Å²) in [7, 11) is 2.03. The number of nitrogens with one attached hydrogen (secondary N) is 1. The predicted octanol–water partition coefficient (Wildman–Crippen LogP) is 4.78. The third kappa shape index (κ3) is 6.61. The number of carbonyl (C=O) groups excluding carboxylic acids is 2. The van der Waals surface area contributed by atoms with E-state index >= 15 is 0 Å². The second kappa shape index (κ2) is 12.2. The number of nitrogens with zero attached hydrogens (tertiary/aromatic N) is 4. The molecule has 1 saturated heterocycles. The molecular weight excluding hydrogens is 458 g/mol. The minimum atomic E-state index is -0.337. The largest absolute Gasteiger partial charge is 0.351 e. The summed E-state index contributed by atoms with van der Waals surface area (Å²) >= 11 is 1.82. The fourth-order valence-electron chi connectivity index (χ4n) is 4.92. The van der Waals surface area contributed by atoms with Gasteiger partial charge in [-0.15, -0.1) is 11.3 Å². The molecule has 1 aliphatic heterocycles. The third-order valence-electron chi connectivity index (χ3n) is 7.11. The van der Waals surface area contributed by atoms with E-state index in [1.165, 1.54) is 41.9 Å². The molecule has 0 bridgehead atoms. The van der Waals surface area contributed by atoms with Gasteiger partial charge < -0.3 is 19.9 Å². The van der Waals surface area contributed by atoms with Gasteiger partial charge in [-0.05, 0) is 62.6 Å². The highest BCUT2D eigenvalue weighted by Crippen LogP contribution is 2.45. The van der Waals surface area contributed by atoms with Crippen molar-refractivity contribution in [2.45, 2.75) is 81.8 Å². The first kappa shape index (κ1) is 25.2. The molecule has 2 unspecified atom stereocenters. The van der Waals surface area contributed by atoms with Crippen molar-refractivity contribution in [2.24, 2.45) is 0 Å². The number of amides is 1. The molecular formula is C27H35N5O2S. The molecule has 2 aromatic heterocycles. The number of anilines is 1. The molecule has 186 valence electrons. The van der Waals surface area contributed by atoms with E-state index in [1.807, 2.05) is 42.9 Å². The first-order valence-electron chi connectivity index (χ1n) is 12.7. The summed E-state index contributed by atoms with van der Waals surface area (Å²) in [4.78, 5) is 32.7. The zero-order valence-electron chi connectivity index (χ0n) is 20.4. The highest BCUT2D eigenvalue weighted by atomic mass is 32.1. The maximum absolute atomic E-state index is 13.2. The molecule has 2 aliphatic carbocycles. The first-order valence-corrected chi connectivity index (χ1v) is 13.6. The Kier molecular flexibility index (Phi) is 8.75. The number of likely N-dealkylation sites (N-methyl/N-ethyl adjacent to an activating group) is 1. The minimum Gasteiger partial charge on any atom is -0.351 e. The number of rotatable bonds is 7. The minimum absolute atomic E-state index is 0.0915. The smallest absolute Gasteiger partial charge is 0.247 e. The van der Waals surface area contributed by atoms with Crippen molar-refractivity contribution in [2.75, 3.05) is 18.5 Å². The number of likely N-dealkylation sites (tertiary alicyclic amines) is 1. The van der Waals surface area contributed by atoms with Crippen molar-refractivity contribution in [3.63, 3.8) is 0 Å². The summed E-state index contributed by atoms with van der Waals surface area (Å²) in [6, 6.07) is 8.15. The van der Waals surface area contributed by atoms with Crippen molar-refractivity contribution < 1.29 is 9.59 Å². The van der Waals surface area contributed by atoms with Gasteiger partial charge in [0.2, 0.25) is 5.91 Å². The SMILES string of the molecule is CN(c1ccc(C2CC2)s1)C(C(=O)NC1CCCCC1)c1cccnc1.N#CN1CCCC1C=O. The maximum Gasteiger partial charge on any atom is 0.247 e. The lowest BCUT2D eigenvalue weighted by Gasteiger charge is -2.31. The molecule has 3 heterocycles. The Morgan fingerprint density at radius 1 is 1.20 bits per heavy atom. The Labute approximate surface area is 212 Å². The molecule has 7 nitrogen and oxygen atoms in total. The molecule has 0 spiro atoms. The van der Waals surface area contributed by atoms with Gasteiger partial charge in [-0.2, -0.15) is 5.26 Å². The zero-order chi connectivity index (χ0) is 24.6. The van der Waals surface area contributed by atoms with Gasteiger partial charge in [0.15, 0.2) is 6.19 Å². The van der Waals surface area contributed by atoms with Crippen molar-refractivity contribution in [1.82, 2.24) is 15.2 Å². The Bertz CT molecular complexity index is 1010. The van der Waals surface area contributed by atoms with E-state index in [9.17, 15) is 9.59 Å². The van der Waals surface area contributed by atoms with E-state index in [-0.39, 0.29) is 18.0 Å². The lowest BCUT2D eigenvalue weighted by molar-refractivity contribution is -0.123. The summed E-state index contributed by atoms with van der Waals surface area (Å²) < 4.78 is 0. The number of hydrogen-bond acceptors (Lipinski definition) is 7. The highest BCUT2D eigenvalue weighted by Gasteiger charge is 2.31. The monoisotopic (exact) mass is 493 g/mol. The van der Waals surface area contributed by atoms with Crippen LogP contribution in [0.5, 0.6) is 0 Å². The Balaban J connectivity index is 0.000000271. The van der Waals surface area contributed by atoms with Gasteiger partial charge in [-0.1, -0.05) is 25.3 Å². The van der Waals surface area contributed by atoms with Crippen molar-refractivity contribution in [3.8, 4) is 6.19 Å². The zero-order valence-corrected chi connectivity index (χ0v) is 21.3. The van der Waals surface area contributed by atoms with E-state index in [0.717, 1.165) is 55.0 Å². The molecule has 1 amide bonds. The molecule has 0 aromatic carbocycles. The Hall–Kier alpha value is -2.92. The molecule has 1 N–H and O–H groups in total. The number of nitriles is 1. The van der Waals surface area contributed by atoms with Crippen LogP contribution >= 0.6 is 11.3 Å². The van der Waals surface area contributed by atoms with Crippen LogP contribution in [0.2, 0.25) is 0 Å². The van der Waals surface area contributed by atoms with E-state index in [2.05, 4.69) is 27.3 Å². The van der Waals surface area contributed by atoms with Gasteiger partial charge in [0, 0.05) is 42.5 Å². The first-order chi connectivity index (χ1) is 17.1. The second-order valence-corrected chi connectivity index (χ2v) is 10.8. The number of hydrogen-bond donors (Lipinski definition) is 1. The molecule has 2 atom stereocenters. The Morgan fingerprint density at radius 3 is 2.63 bits per heavy atom. The van der Waals surface area contributed by atoms with E-state index < -0.39 is 0 Å². The van der Waals surface area contributed by atoms with E-state index in [4.69, 9.17) is 5.26 Å². The van der Waals surface area contributed by atoms with Crippen LogP contribution < -0.4 is 10.2 Å². The van der Waals surface area contributed by atoms with Crippen molar-refractivity contribution in [1.29, 1.82) is 5.26 Å². The molecule has 35 heavy (non-hydrogen) atoms. The lowest BCUT2D eigenvalue weighted by atomic mass is 9.95. The molecule has 3 aliphatic rings. The van der Waals surface area contributed by atoms with Gasteiger partial charge in [-0.3, -0.25) is 9.78 Å². The number of aromatic nitrogens is 1. The van der Waals surface area contributed by atoms with Crippen molar-refractivity contribution in [3.05, 3.63) is 47.1 Å². The van der Waals surface area contributed by atoms with E-state index in [0.29, 0.717) is 6.04 Å². The maximum atomic E-state index is 13.2. The summed E-state index contributed by atoms with van der Waals surface area (Å²) in [5.74, 6) is 0.837. The fourth-order valence-corrected chi connectivity index (χ4v) is 6.09. The van der Waals surface area contributed by atoms with Gasteiger partial charge in [0.1, 0.15) is 12.3 Å². The van der Waals surface area contributed by atoms with Crippen molar-refractivity contribution >= 4 is 28.5 Å². The van der Waals surface area contributed by atoms with Crippen LogP contribution in [0, 0.1) is 11.5 Å². The van der Waals surface area contributed by atoms with Crippen LogP contribution in [0.15, 0.2) is 36.7 Å². The van der Waals surface area contributed by atoms with Crippen LogP contribution in [0.3, 0.4) is 0 Å². The number of carbonyl (C=O) groups is 2. The lowest BCUT2D eigenvalue weighted by Crippen LogP contribution is -2.44. The molecule has 3 fully saturated rings. The van der Waals surface area contributed by atoms with Gasteiger partial charge in [0.05, 0.1) is 11.0 Å². The van der Waals surface area contributed by atoms with Crippen LogP contribution in [-0.4, -0.2) is 47.8 Å². The van der Waals surface area contributed by atoms with Crippen LogP contribution in [-0.2, 0) is 9.59 Å². The topological polar surface area (TPSA) is 89.3 Å². The number of pyridine rings is 1. The average molecular weight is 494 g/mol. The molecule has 2 aromatic rings. The van der Waals surface area contributed by atoms with Crippen LogP contribution in [0.1, 0.15) is 80.2 Å². The van der Waals surface area contributed by atoms with Gasteiger partial charge in [0.25, 0.3) is 0 Å². The number of thiophene rings is 1. The van der Waals surface area contributed by atoms with Crippen LogP contribution in [0.25, 0.3) is 0 Å². The summed E-state index contributed by atoms with van der Waals surface area (Å²) in [5, 5.41) is 12.8. The van der Waals surface area contributed by atoms with Crippen LogP contribution in [0.4, 0.5) is 5.00 Å². The standard InChI is InChI=1S/C21H27N3OS.C6H8N2O/c1-24(19-12-11-18(26-19)15-9-10-15)20(16-6-5-13-22-14-16)21(25)23-17-7-3-2-4-8-17;7-5-8-3-1-2-6(8)4-9/h5-6,11-15,17,20H,2-4,7-10H2,1H3,(H,23,25);4,6H,1-3H2. The molecule has 5 rings (SSSR count). The van der Waals surface area contributed by atoms with E-state index in [1.54, 1.807) is 6.20 Å². The van der Waals surface area contributed by atoms with Gasteiger partial charge >= 0.3 is 0 Å². The highest BCUT2D eigenvalue weighted by molar-refractivity contribution is 7.16. The quantitative estimate of drug-likeness (QED) is 0.441. The number of aldehydes is 1.